The van der Waals surface area contributed by atoms with Gasteiger partial charge < -0.3 is 10.1 Å². The summed E-state index contributed by atoms with van der Waals surface area (Å²) < 4.78 is 5.26. The SMILES string of the molecule is COc1ccc(-c2ccc(-c3ccc(C)cc3)nc2Nc2cn[nH]c2)cc1. The molecule has 5 heteroatoms. The van der Waals surface area contributed by atoms with Crippen LogP contribution in [0.3, 0.4) is 0 Å². The van der Waals surface area contributed by atoms with Crippen molar-refractivity contribution in [2.45, 2.75) is 6.92 Å². The molecule has 4 aromatic rings. The normalized spacial score (nSPS) is 10.6. The first-order valence-electron chi connectivity index (χ1n) is 8.71. The summed E-state index contributed by atoms with van der Waals surface area (Å²) in [6, 6.07) is 20.5. The van der Waals surface area contributed by atoms with Crippen LogP contribution in [0.15, 0.2) is 73.1 Å². The van der Waals surface area contributed by atoms with E-state index in [2.05, 4.69) is 52.8 Å². The fourth-order valence-corrected chi connectivity index (χ4v) is 2.90. The van der Waals surface area contributed by atoms with E-state index in [1.165, 1.54) is 5.56 Å². The minimum Gasteiger partial charge on any atom is -0.497 e. The van der Waals surface area contributed by atoms with Crippen LogP contribution in [0.4, 0.5) is 11.5 Å². The zero-order chi connectivity index (χ0) is 18.6. The summed E-state index contributed by atoms with van der Waals surface area (Å²) in [5.74, 6) is 1.60. The van der Waals surface area contributed by atoms with E-state index in [1.807, 2.05) is 30.3 Å². The zero-order valence-electron chi connectivity index (χ0n) is 15.2. The molecule has 0 aliphatic rings. The van der Waals surface area contributed by atoms with E-state index >= 15 is 0 Å². The van der Waals surface area contributed by atoms with Crippen LogP contribution in [0.5, 0.6) is 5.75 Å². The predicted octanol–water partition coefficient (Wildman–Crippen LogP) is 5.20. The Kier molecular flexibility index (Phi) is 4.58. The highest BCUT2D eigenvalue weighted by molar-refractivity contribution is 5.80. The van der Waals surface area contributed by atoms with Crippen molar-refractivity contribution < 1.29 is 4.74 Å². The second kappa shape index (κ2) is 7.33. The number of H-pyrrole nitrogens is 1. The molecule has 2 heterocycles. The fourth-order valence-electron chi connectivity index (χ4n) is 2.90. The molecule has 0 atom stereocenters. The van der Waals surface area contributed by atoms with Crippen LogP contribution in [0, 0.1) is 6.92 Å². The van der Waals surface area contributed by atoms with Gasteiger partial charge >= 0.3 is 0 Å². The summed E-state index contributed by atoms with van der Waals surface area (Å²) in [6.07, 6.45) is 3.54. The molecular weight excluding hydrogens is 336 g/mol. The van der Waals surface area contributed by atoms with Gasteiger partial charge in [0.1, 0.15) is 11.6 Å². The molecule has 0 fully saturated rings. The van der Waals surface area contributed by atoms with Gasteiger partial charge in [0.2, 0.25) is 0 Å². The molecule has 0 aliphatic heterocycles. The highest BCUT2D eigenvalue weighted by Gasteiger charge is 2.11. The zero-order valence-corrected chi connectivity index (χ0v) is 15.2. The number of methoxy groups -OCH3 is 1. The first-order valence-corrected chi connectivity index (χ1v) is 8.71. The van der Waals surface area contributed by atoms with E-state index in [0.717, 1.165) is 39.6 Å². The van der Waals surface area contributed by atoms with Gasteiger partial charge in [-0.1, -0.05) is 42.0 Å². The highest BCUT2D eigenvalue weighted by atomic mass is 16.5. The molecule has 5 nitrogen and oxygen atoms in total. The minimum atomic E-state index is 0.777. The quantitative estimate of drug-likeness (QED) is 0.516. The number of aromatic amines is 1. The number of anilines is 2. The van der Waals surface area contributed by atoms with E-state index in [9.17, 15) is 0 Å². The Labute approximate surface area is 158 Å². The summed E-state index contributed by atoms with van der Waals surface area (Å²) in [4.78, 5) is 4.88. The van der Waals surface area contributed by atoms with Crippen molar-refractivity contribution in [3.8, 4) is 28.1 Å². The molecule has 0 amide bonds. The van der Waals surface area contributed by atoms with Gasteiger partial charge in [-0.2, -0.15) is 5.10 Å². The number of ether oxygens (including phenoxy) is 1. The van der Waals surface area contributed by atoms with Crippen LogP contribution in [-0.2, 0) is 0 Å². The summed E-state index contributed by atoms with van der Waals surface area (Å²) in [5.41, 5.74) is 6.15. The Morgan fingerprint density at radius 2 is 1.63 bits per heavy atom. The second-order valence-electron chi connectivity index (χ2n) is 6.30. The second-order valence-corrected chi connectivity index (χ2v) is 6.30. The first kappa shape index (κ1) is 16.8. The highest BCUT2D eigenvalue weighted by Crippen LogP contribution is 2.32. The summed E-state index contributed by atoms with van der Waals surface area (Å²) in [6.45, 7) is 2.08. The number of aryl methyl sites for hydroxylation is 1. The van der Waals surface area contributed by atoms with Crippen molar-refractivity contribution in [1.29, 1.82) is 0 Å². The minimum absolute atomic E-state index is 0.777. The molecule has 0 radical (unpaired) electrons. The average Bonchev–Trinajstić information content (AvgIpc) is 3.22. The van der Waals surface area contributed by atoms with Crippen LogP contribution >= 0.6 is 0 Å². The Morgan fingerprint density at radius 1 is 0.889 bits per heavy atom. The molecule has 0 unspecified atom stereocenters. The topological polar surface area (TPSA) is 62.8 Å². The summed E-state index contributed by atoms with van der Waals surface area (Å²) in [5, 5.41) is 10.2. The summed E-state index contributed by atoms with van der Waals surface area (Å²) in [7, 11) is 1.67. The third kappa shape index (κ3) is 3.67. The lowest BCUT2D eigenvalue weighted by Crippen LogP contribution is -1.98. The predicted molar refractivity (Wildman–Crippen MR) is 108 cm³/mol. The van der Waals surface area contributed by atoms with Crippen molar-refractivity contribution >= 4 is 11.5 Å². The Hall–Kier alpha value is -3.60. The lowest BCUT2D eigenvalue weighted by Gasteiger charge is -2.13. The van der Waals surface area contributed by atoms with Crippen molar-refractivity contribution in [2.75, 3.05) is 12.4 Å². The number of aromatic nitrogens is 3. The molecule has 2 N–H and O–H groups in total. The number of nitrogens with zero attached hydrogens (tertiary/aromatic N) is 2. The standard InChI is InChI=1S/C22H20N4O/c1-15-3-5-17(6-4-15)21-12-11-20(16-7-9-19(27-2)10-8-16)22(26-21)25-18-13-23-24-14-18/h3-14H,1-2H3,(H,23,24)(H,25,26). The number of nitrogens with one attached hydrogen (secondary N) is 2. The Morgan fingerprint density at radius 3 is 2.30 bits per heavy atom. The van der Waals surface area contributed by atoms with Crippen LogP contribution in [0.1, 0.15) is 5.56 Å². The van der Waals surface area contributed by atoms with Crippen molar-refractivity contribution in [2.24, 2.45) is 0 Å². The molecule has 0 bridgehead atoms. The number of benzene rings is 2. The maximum atomic E-state index is 5.26. The Bertz CT molecular complexity index is 1020. The molecule has 0 saturated heterocycles. The third-order valence-electron chi connectivity index (χ3n) is 4.40. The van der Waals surface area contributed by atoms with Crippen molar-refractivity contribution in [3.05, 3.63) is 78.6 Å². The van der Waals surface area contributed by atoms with Gasteiger partial charge in [-0.05, 0) is 36.8 Å². The van der Waals surface area contributed by atoms with Gasteiger partial charge in [0, 0.05) is 17.3 Å². The van der Waals surface area contributed by atoms with Crippen LogP contribution in [0.2, 0.25) is 0 Å². The fraction of sp³-hybridized carbons (Fsp3) is 0.0909. The molecule has 0 saturated carbocycles. The molecule has 0 spiro atoms. The summed E-state index contributed by atoms with van der Waals surface area (Å²) >= 11 is 0. The van der Waals surface area contributed by atoms with E-state index < -0.39 is 0 Å². The molecule has 27 heavy (non-hydrogen) atoms. The Balaban J connectivity index is 1.78. The number of hydrogen-bond acceptors (Lipinski definition) is 4. The smallest absolute Gasteiger partial charge is 0.139 e. The molecule has 0 aliphatic carbocycles. The van der Waals surface area contributed by atoms with Crippen molar-refractivity contribution in [1.82, 2.24) is 15.2 Å². The average molecular weight is 356 g/mol. The molecule has 2 aromatic heterocycles. The molecular formula is C22H20N4O. The number of hydrogen-bond donors (Lipinski definition) is 2. The van der Waals surface area contributed by atoms with Gasteiger partial charge in [-0.25, -0.2) is 4.98 Å². The third-order valence-corrected chi connectivity index (χ3v) is 4.40. The lowest BCUT2D eigenvalue weighted by molar-refractivity contribution is 0.415. The van der Waals surface area contributed by atoms with Crippen LogP contribution < -0.4 is 10.1 Å². The molecule has 4 rings (SSSR count). The maximum absolute atomic E-state index is 5.26. The van der Waals surface area contributed by atoms with Gasteiger partial charge in [-0.3, -0.25) is 5.10 Å². The van der Waals surface area contributed by atoms with E-state index in [4.69, 9.17) is 9.72 Å². The van der Waals surface area contributed by atoms with Crippen LogP contribution in [0.25, 0.3) is 22.4 Å². The van der Waals surface area contributed by atoms with Crippen molar-refractivity contribution in [3.63, 3.8) is 0 Å². The van der Waals surface area contributed by atoms with E-state index in [1.54, 1.807) is 19.5 Å². The van der Waals surface area contributed by atoms with Gasteiger partial charge in [0.15, 0.2) is 0 Å². The first-order chi connectivity index (χ1) is 13.2. The van der Waals surface area contributed by atoms with Gasteiger partial charge in [0.25, 0.3) is 0 Å². The van der Waals surface area contributed by atoms with E-state index in [0.29, 0.717) is 0 Å². The number of pyridine rings is 1. The van der Waals surface area contributed by atoms with Crippen LogP contribution in [-0.4, -0.2) is 22.3 Å². The number of rotatable bonds is 5. The maximum Gasteiger partial charge on any atom is 0.139 e. The van der Waals surface area contributed by atoms with Gasteiger partial charge in [0.05, 0.1) is 24.7 Å². The van der Waals surface area contributed by atoms with Gasteiger partial charge in [-0.15, -0.1) is 0 Å². The largest absolute Gasteiger partial charge is 0.497 e. The molecule has 2 aromatic carbocycles. The lowest BCUT2D eigenvalue weighted by atomic mass is 10.0. The monoisotopic (exact) mass is 356 g/mol. The van der Waals surface area contributed by atoms with E-state index in [-0.39, 0.29) is 0 Å². The molecule has 134 valence electrons.